The lowest BCUT2D eigenvalue weighted by atomic mass is 10.1. The van der Waals surface area contributed by atoms with E-state index in [-0.39, 0.29) is 18.2 Å². The summed E-state index contributed by atoms with van der Waals surface area (Å²) >= 11 is 5.83. The molecule has 0 aliphatic heterocycles. The number of carbonyl (C=O) groups is 2. The van der Waals surface area contributed by atoms with Gasteiger partial charge < -0.3 is 10.6 Å². The van der Waals surface area contributed by atoms with E-state index in [1.165, 1.54) is 0 Å². The van der Waals surface area contributed by atoms with Gasteiger partial charge in [-0.1, -0.05) is 29.8 Å². The van der Waals surface area contributed by atoms with Gasteiger partial charge in [-0.05, 0) is 42.7 Å². The fourth-order valence-electron chi connectivity index (χ4n) is 2.15. The standard InChI is InChI=1S/C18H20ClN3O2/c19-15-9-7-14(8-10-15)4-3-6-17(23)21-13-11-18(24)22-16-5-1-2-12-20-16/h1-2,5,7-10,12H,3-4,6,11,13H2,(H,21,23)(H,20,22,24). The third-order valence-corrected chi connectivity index (χ3v) is 3.64. The molecule has 1 heterocycles. The molecule has 0 aliphatic rings. The van der Waals surface area contributed by atoms with Gasteiger partial charge in [0.1, 0.15) is 5.82 Å². The van der Waals surface area contributed by atoms with Crippen LogP contribution in [0.5, 0.6) is 0 Å². The minimum absolute atomic E-state index is 0.0467. The smallest absolute Gasteiger partial charge is 0.227 e. The number of aromatic nitrogens is 1. The molecule has 0 bridgehead atoms. The summed E-state index contributed by atoms with van der Waals surface area (Å²) in [6, 6.07) is 12.9. The Morgan fingerprint density at radius 1 is 1.00 bits per heavy atom. The molecule has 2 N–H and O–H groups in total. The number of nitrogens with zero attached hydrogens (tertiary/aromatic N) is 1. The van der Waals surface area contributed by atoms with E-state index in [0.29, 0.717) is 23.8 Å². The Kier molecular flexibility index (Phi) is 7.23. The number of anilines is 1. The van der Waals surface area contributed by atoms with E-state index in [2.05, 4.69) is 15.6 Å². The van der Waals surface area contributed by atoms with Crippen LogP contribution in [0.3, 0.4) is 0 Å². The predicted molar refractivity (Wildman–Crippen MR) is 94.9 cm³/mol. The van der Waals surface area contributed by atoms with Gasteiger partial charge in [0.15, 0.2) is 0 Å². The van der Waals surface area contributed by atoms with Crippen LogP contribution in [0.1, 0.15) is 24.8 Å². The number of hydrogen-bond donors (Lipinski definition) is 2. The second-order valence-electron chi connectivity index (χ2n) is 5.34. The molecule has 2 amide bonds. The Morgan fingerprint density at radius 2 is 1.79 bits per heavy atom. The molecule has 0 saturated carbocycles. The largest absolute Gasteiger partial charge is 0.356 e. The number of nitrogens with one attached hydrogen (secondary N) is 2. The lowest BCUT2D eigenvalue weighted by Crippen LogP contribution is -2.27. The first-order chi connectivity index (χ1) is 11.6. The molecule has 0 fully saturated rings. The molecule has 24 heavy (non-hydrogen) atoms. The summed E-state index contributed by atoms with van der Waals surface area (Å²) in [4.78, 5) is 27.5. The SMILES string of the molecule is O=C(CCCc1ccc(Cl)cc1)NCCC(=O)Nc1ccccn1. The molecular formula is C18H20ClN3O2. The van der Waals surface area contributed by atoms with Crippen LogP contribution in [0, 0.1) is 0 Å². The number of pyridine rings is 1. The van der Waals surface area contributed by atoms with Crippen LogP contribution >= 0.6 is 11.6 Å². The molecular weight excluding hydrogens is 326 g/mol. The van der Waals surface area contributed by atoms with E-state index in [1.54, 1.807) is 24.4 Å². The van der Waals surface area contributed by atoms with Crippen molar-refractivity contribution >= 4 is 29.2 Å². The zero-order chi connectivity index (χ0) is 17.2. The maximum atomic E-state index is 11.8. The average molecular weight is 346 g/mol. The molecule has 0 saturated heterocycles. The number of halogens is 1. The lowest BCUT2D eigenvalue weighted by Gasteiger charge is -2.06. The minimum Gasteiger partial charge on any atom is -0.356 e. The van der Waals surface area contributed by atoms with Gasteiger partial charge in [0, 0.05) is 30.6 Å². The highest BCUT2D eigenvalue weighted by atomic mass is 35.5. The van der Waals surface area contributed by atoms with Crippen LogP contribution in [0.2, 0.25) is 5.02 Å². The van der Waals surface area contributed by atoms with Crippen LogP contribution in [0.15, 0.2) is 48.7 Å². The molecule has 0 unspecified atom stereocenters. The summed E-state index contributed by atoms with van der Waals surface area (Å²) in [7, 11) is 0. The van der Waals surface area contributed by atoms with Gasteiger partial charge in [-0.25, -0.2) is 4.98 Å². The van der Waals surface area contributed by atoms with Crippen molar-refractivity contribution in [2.24, 2.45) is 0 Å². The van der Waals surface area contributed by atoms with Crippen LogP contribution < -0.4 is 10.6 Å². The van der Waals surface area contributed by atoms with Crippen molar-refractivity contribution in [1.29, 1.82) is 0 Å². The maximum Gasteiger partial charge on any atom is 0.227 e. The molecule has 2 aromatic rings. The monoisotopic (exact) mass is 345 g/mol. The van der Waals surface area contributed by atoms with E-state index < -0.39 is 0 Å². The molecule has 1 aromatic heterocycles. The fourth-order valence-corrected chi connectivity index (χ4v) is 2.28. The van der Waals surface area contributed by atoms with Crippen LogP contribution in [-0.4, -0.2) is 23.3 Å². The first-order valence-corrected chi connectivity index (χ1v) is 8.23. The first kappa shape index (κ1) is 17.9. The van der Waals surface area contributed by atoms with Crippen molar-refractivity contribution < 1.29 is 9.59 Å². The number of aryl methyl sites for hydroxylation is 1. The number of carbonyl (C=O) groups excluding carboxylic acids is 2. The highest BCUT2D eigenvalue weighted by Gasteiger charge is 2.05. The Balaban J connectivity index is 1.57. The molecule has 6 heteroatoms. The second-order valence-corrected chi connectivity index (χ2v) is 5.78. The van der Waals surface area contributed by atoms with Crippen LogP contribution in [-0.2, 0) is 16.0 Å². The summed E-state index contributed by atoms with van der Waals surface area (Å²) < 4.78 is 0. The van der Waals surface area contributed by atoms with Crippen molar-refractivity contribution in [3.63, 3.8) is 0 Å². The average Bonchev–Trinajstić information content (AvgIpc) is 2.57. The molecule has 1 aromatic carbocycles. The fraction of sp³-hybridized carbons (Fsp3) is 0.278. The molecule has 0 spiro atoms. The van der Waals surface area contributed by atoms with Gasteiger partial charge >= 0.3 is 0 Å². The summed E-state index contributed by atoms with van der Waals surface area (Å²) in [6.07, 6.45) is 3.85. The van der Waals surface area contributed by atoms with Gasteiger partial charge in [0.05, 0.1) is 0 Å². The van der Waals surface area contributed by atoms with Crippen LogP contribution in [0.4, 0.5) is 5.82 Å². The van der Waals surface area contributed by atoms with Crippen LogP contribution in [0.25, 0.3) is 0 Å². The summed E-state index contributed by atoms with van der Waals surface area (Å²) in [6.45, 7) is 0.318. The van der Waals surface area contributed by atoms with Crippen molar-refractivity contribution in [3.8, 4) is 0 Å². The number of amides is 2. The number of benzene rings is 1. The van der Waals surface area contributed by atoms with Gasteiger partial charge in [0.25, 0.3) is 0 Å². The number of rotatable bonds is 8. The molecule has 126 valence electrons. The van der Waals surface area contributed by atoms with Crippen molar-refractivity contribution in [3.05, 3.63) is 59.2 Å². The third-order valence-electron chi connectivity index (χ3n) is 3.39. The third kappa shape index (κ3) is 6.79. The molecule has 2 rings (SSSR count). The Morgan fingerprint density at radius 3 is 2.50 bits per heavy atom. The predicted octanol–water partition coefficient (Wildman–Crippen LogP) is 3.20. The van der Waals surface area contributed by atoms with E-state index in [4.69, 9.17) is 11.6 Å². The zero-order valence-corrected chi connectivity index (χ0v) is 14.1. The summed E-state index contributed by atoms with van der Waals surface area (Å²) in [5.74, 6) is 0.293. The van der Waals surface area contributed by atoms with Crippen molar-refractivity contribution in [2.45, 2.75) is 25.7 Å². The minimum atomic E-state index is -0.171. The van der Waals surface area contributed by atoms with Crippen molar-refractivity contribution in [2.75, 3.05) is 11.9 Å². The van der Waals surface area contributed by atoms with Crippen molar-refractivity contribution in [1.82, 2.24) is 10.3 Å². The van der Waals surface area contributed by atoms with Gasteiger partial charge in [-0.2, -0.15) is 0 Å². The maximum absolute atomic E-state index is 11.8. The van der Waals surface area contributed by atoms with Gasteiger partial charge in [0.2, 0.25) is 11.8 Å². The zero-order valence-electron chi connectivity index (χ0n) is 13.3. The van der Waals surface area contributed by atoms with E-state index in [1.807, 2.05) is 24.3 Å². The molecule has 0 radical (unpaired) electrons. The second kappa shape index (κ2) is 9.67. The Bertz CT molecular complexity index is 660. The Labute approximate surface area is 146 Å². The van der Waals surface area contributed by atoms with E-state index in [9.17, 15) is 9.59 Å². The summed E-state index contributed by atoms with van der Waals surface area (Å²) in [5.41, 5.74) is 1.15. The van der Waals surface area contributed by atoms with Gasteiger partial charge in [-0.3, -0.25) is 9.59 Å². The molecule has 5 nitrogen and oxygen atoms in total. The van der Waals surface area contributed by atoms with E-state index in [0.717, 1.165) is 18.4 Å². The topological polar surface area (TPSA) is 71.1 Å². The first-order valence-electron chi connectivity index (χ1n) is 7.85. The highest BCUT2D eigenvalue weighted by Crippen LogP contribution is 2.11. The lowest BCUT2D eigenvalue weighted by molar-refractivity contribution is -0.121. The Hall–Kier alpha value is -2.40. The number of hydrogen-bond acceptors (Lipinski definition) is 3. The summed E-state index contributed by atoms with van der Waals surface area (Å²) in [5, 5.41) is 6.13. The normalized spacial score (nSPS) is 10.2. The van der Waals surface area contributed by atoms with E-state index >= 15 is 0 Å². The van der Waals surface area contributed by atoms with Gasteiger partial charge in [-0.15, -0.1) is 0 Å². The molecule has 0 atom stereocenters. The highest BCUT2D eigenvalue weighted by molar-refractivity contribution is 6.30. The molecule has 0 aliphatic carbocycles. The quantitative estimate of drug-likeness (QED) is 0.771.